The zero-order chi connectivity index (χ0) is 21.3. The van der Waals surface area contributed by atoms with Crippen LogP contribution in [-0.4, -0.2) is 4.98 Å². The molecule has 2 nitrogen and oxygen atoms in total. The Kier molecular flexibility index (Phi) is 3.85. The van der Waals surface area contributed by atoms with Gasteiger partial charge in [-0.25, -0.2) is 0 Å². The Morgan fingerprint density at radius 1 is 0.903 bits per heavy atom. The van der Waals surface area contributed by atoms with E-state index < -0.39 is 0 Å². The van der Waals surface area contributed by atoms with E-state index in [-0.39, 0.29) is 5.41 Å². The number of pyridine rings is 1. The van der Waals surface area contributed by atoms with E-state index in [0.29, 0.717) is 0 Å². The molecule has 0 unspecified atom stereocenters. The second kappa shape index (κ2) is 6.41. The number of thiophene rings is 1. The van der Waals surface area contributed by atoms with E-state index in [9.17, 15) is 0 Å². The Labute approximate surface area is 185 Å². The molecule has 152 valence electrons. The van der Waals surface area contributed by atoms with Crippen molar-refractivity contribution in [2.45, 2.75) is 33.1 Å². The maximum absolute atomic E-state index is 5.95. The molecule has 0 fully saturated rings. The largest absolute Gasteiger partial charge is 0.463 e. The smallest absolute Gasteiger partial charge is 0.151 e. The summed E-state index contributed by atoms with van der Waals surface area (Å²) in [6, 6.07) is 19.8. The summed E-state index contributed by atoms with van der Waals surface area (Å²) in [7, 11) is 0. The van der Waals surface area contributed by atoms with Crippen molar-refractivity contribution in [3.63, 3.8) is 0 Å². The Balaban J connectivity index is 1.72. The average Bonchev–Trinajstić information content (AvgIpc) is 3.32. The molecule has 3 aromatic carbocycles. The Bertz CT molecular complexity index is 1630. The van der Waals surface area contributed by atoms with Crippen molar-refractivity contribution in [3.8, 4) is 11.3 Å². The van der Waals surface area contributed by atoms with Gasteiger partial charge in [0.2, 0.25) is 0 Å². The maximum atomic E-state index is 5.95. The molecule has 0 bridgehead atoms. The van der Waals surface area contributed by atoms with Gasteiger partial charge in [-0.05, 0) is 52.4 Å². The lowest BCUT2D eigenvalue weighted by Crippen LogP contribution is -2.12. The van der Waals surface area contributed by atoms with Gasteiger partial charge in [-0.2, -0.15) is 0 Å². The first-order chi connectivity index (χ1) is 14.9. The van der Waals surface area contributed by atoms with Gasteiger partial charge < -0.3 is 4.42 Å². The van der Waals surface area contributed by atoms with E-state index in [1.54, 1.807) is 11.3 Å². The van der Waals surface area contributed by atoms with Crippen LogP contribution in [0, 0.1) is 6.92 Å². The fourth-order valence-electron chi connectivity index (χ4n) is 4.69. The van der Waals surface area contributed by atoms with E-state index in [0.717, 1.165) is 11.3 Å². The summed E-state index contributed by atoms with van der Waals surface area (Å²) >= 11 is 1.79. The molecule has 0 spiro atoms. The molecule has 3 heteroatoms. The molecule has 6 rings (SSSR count). The molecule has 6 aromatic rings. The van der Waals surface area contributed by atoms with Gasteiger partial charge in [-0.15, -0.1) is 11.3 Å². The van der Waals surface area contributed by atoms with Crippen molar-refractivity contribution in [2.75, 3.05) is 0 Å². The van der Waals surface area contributed by atoms with E-state index in [1.165, 1.54) is 53.0 Å². The lowest BCUT2D eigenvalue weighted by molar-refractivity contribution is 0.596. The quantitative estimate of drug-likeness (QED) is 0.265. The predicted octanol–water partition coefficient (Wildman–Crippen LogP) is 8.62. The van der Waals surface area contributed by atoms with Gasteiger partial charge in [0.1, 0.15) is 0 Å². The van der Waals surface area contributed by atoms with Gasteiger partial charge in [-0.1, -0.05) is 57.2 Å². The SMILES string of the molecule is Cc1coc2c1ccc1c2sc2ccnc(-c3cc(C(C)(C)C)c4ccccc4c3)c21. The number of fused-ring (bicyclic) bond motifs is 6. The van der Waals surface area contributed by atoms with Crippen LogP contribution in [0.25, 0.3) is 53.2 Å². The van der Waals surface area contributed by atoms with Crippen LogP contribution in [0.4, 0.5) is 0 Å². The van der Waals surface area contributed by atoms with Crippen LogP contribution in [-0.2, 0) is 5.41 Å². The molecule has 0 amide bonds. The molecular weight excluding hydrogens is 398 g/mol. The third-order valence-electron chi connectivity index (χ3n) is 6.23. The van der Waals surface area contributed by atoms with Crippen LogP contribution in [0.2, 0.25) is 0 Å². The van der Waals surface area contributed by atoms with E-state index >= 15 is 0 Å². The second-order valence-corrected chi connectivity index (χ2v) is 10.4. The third kappa shape index (κ3) is 2.73. The molecule has 0 aliphatic rings. The Morgan fingerprint density at radius 3 is 2.55 bits per heavy atom. The highest BCUT2D eigenvalue weighted by Crippen LogP contribution is 2.44. The van der Waals surface area contributed by atoms with Gasteiger partial charge in [0, 0.05) is 32.6 Å². The van der Waals surface area contributed by atoms with Crippen molar-refractivity contribution < 1.29 is 4.42 Å². The number of aromatic nitrogens is 1. The summed E-state index contributed by atoms with van der Waals surface area (Å²) in [4.78, 5) is 4.89. The molecule has 3 heterocycles. The van der Waals surface area contributed by atoms with Gasteiger partial charge in [-0.3, -0.25) is 4.98 Å². The molecule has 0 aliphatic carbocycles. The first-order valence-electron chi connectivity index (χ1n) is 10.6. The highest BCUT2D eigenvalue weighted by Gasteiger charge is 2.21. The minimum atomic E-state index is 0.0398. The number of nitrogens with zero attached hydrogens (tertiary/aromatic N) is 1. The van der Waals surface area contributed by atoms with Gasteiger partial charge in [0.25, 0.3) is 0 Å². The molecule has 3 aromatic heterocycles. The van der Waals surface area contributed by atoms with Crippen LogP contribution >= 0.6 is 11.3 Å². The third-order valence-corrected chi connectivity index (χ3v) is 7.40. The monoisotopic (exact) mass is 421 g/mol. The second-order valence-electron chi connectivity index (χ2n) is 9.37. The van der Waals surface area contributed by atoms with Crippen molar-refractivity contribution in [1.29, 1.82) is 0 Å². The number of hydrogen-bond acceptors (Lipinski definition) is 3. The lowest BCUT2D eigenvalue weighted by atomic mass is 9.82. The maximum Gasteiger partial charge on any atom is 0.151 e. The summed E-state index contributed by atoms with van der Waals surface area (Å²) in [6.07, 6.45) is 3.79. The summed E-state index contributed by atoms with van der Waals surface area (Å²) in [6.45, 7) is 8.94. The Morgan fingerprint density at radius 2 is 1.71 bits per heavy atom. The van der Waals surface area contributed by atoms with Crippen LogP contribution in [0.1, 0.15) is 31.9 Å². The van der Waals surface area contributed by atoms with Gasteiger partial charge in [0.15, 0.2) is 5.58 Å². The van der Waals surface area contributed by atoms with Crippen LogP contribution in [0.5, 0.6) is 0 Å². The topological polar surface area (TPSA) is 26.0 Å². The first-order valence-corrected chi connectivity index (χ1v) is 11.4. The predicted molar refractivity (Wildman–Crippen MR) is 133 cm³/mol. The molecular formula is C28H23NOS. The zero-order valence-corrected chi connectivity index (χ0v) is 18.9. The summed E-state index contributed by atoms with van der Waals surface area (Å²) in [5.41, 5.74) is 5.77. The molecule has 0 radical (unpaired) electrons. The minimum Gasteiger partial charge on any atom is -0.463 e. The van der Waals surface area contributed by atoms with Crippen LogP contribution in [0.3, 0.4) is 0 Å². The van der Waals surface area contributed by atoms with E-state index in [2.05, 4.69) is 82.3 Å². The molecule has 31 heavy (non-hydrogen) atoms. The molecule has 0 atom stereocenters. The van der Waals surface area contributed by atoms with E-state index in [4.69, 9.17) is 9.40 Å². The fraction of sp³-hybridized carbons (Fsp3) is 0.179. The minimum absolute atomic E-state index is 0.0398. The van der Waals surface area contributed by atoms with E-state index in [1.807, 2.05) is 12.5 Å². The summed E-state index contributed by atoms with van der Waals surface area (Å²) in [5.74, 6) is 0. The highest BCUT2D eigenvalue weighted by molar-refractivity contribution is 7.26. The zero-order valence-electron chi connectivity index (χ0n) is 18.1. The Hall–Kier alpha value is -3.17. The van der Waals surface area contributed by atoms with Gasteiger partial charge in [0.05, 0.1) is 16.7 Å². The van der Waals surface area contributed by atoms with Gasteiger partial charge >= 0.3 is 0 Å². The normalized spacial score (nSPS) is 12.5. The highest BCUT2D eigenvalue weighted by atomic mass is 32.1. The number of furan rings is 1. The van der Waals surface area contributed by atoms with Crippen molar-refractivity contribution in [3.05, 3.63) is 78.2 Å². The molecule has 0 saturated carbocycles. The summed E-state index contributed by atoms with van der Waals surface area (Å²) in [5, 5.41) is 6.19. The number of rotatable bonds is 1. The molecule has 0 N–H and O–H groups in total. The lowest BCUT2D eigenvalue weighted by Gasteiger charge is -2.23. The van der Waals surface area contributed by atoms with Crippen molar-refractivity contribution in [1.82, 2.24) is 4.98 Å². The number of aryl methyl sites for hydroxylation is 1. The molecule has 0 aliphatic heterocycles. The van der Waals surface area contributed by atoms with Crippen LogP contribution < -0.4 is 0 Å². The van der Waals surface area contributed by atoms with Crippen LogP contribution in [0.15, 0.2) is 71.5 Å². The first kappa shape index (κ1) is 18.6. The fourth-order valence-corrected chi connectivity index (χ4v) is 5.87. The average molecular weight is 422 g/mol. The number of benzene rings is 3. The summed E-state index contributed by atoms with van der Waals surface area (Å²) < 4.78 is 8.39. The standard InChI is InChI=1S/C28H23NOS/c1-16-15-30-26-19(16)9-10-21-24-23(31-27(21)26)11-12-29-25(24)18-13-17-7-5-6-8-20(17)22(14-18)28(2,3)4/h5-15H,1-4H3. The van der Waals surface area contributed by atoms with Crippen molar-refractivity contribution >= 4 is 53.3 Å². The molecule has 0 saturated heterocycles. The van der Waals surface area contributed by atoms with Crippen molar-refractivity contribution in [2.24, 2.45) is 0 Å². The number of hydrogen-bond donors (Lipinski definition) is 0.